The predicted molar refractivity (Wildman–Crippen MR) is 81.4 cm³/mol. The van der Waals surface area contributed by atoms with Crippen LogP contribution in [0.1, 0.15) is 26.3 Å². The Morgan fingerprint density at radius 3 is 2.84 bits per heavy atom. The lowest BCUT2D eigenvalue weighted by Crippen LogP contribution is -2.19. The fraction of sp³-hybridized carbons (Fsp3) is 0.600. The predicted octanol–water partition coefficient (Wildman–Crippen LogP) is 3.70. The van der Waals surface area contributed by atoms with Crippen LogP contribution in [0.25, 0.3) is 0 Å². The van der Waals surface area contributed by atoms with Gasteiger partial charge in [-0.25, -0.2) is 4.39 Å². The van der Waals surface area contributed by atoms with E-state index in [0.29, 0.717) is 24.8 Å². The summed E-state index contributed by atoms with van der Waals surface area (Å²) in [7, 11) is 0. The number of thioether (sulfide) groups is 1. The lowest BCUT2D eigenvalue weighted by molar-refractivity contribution is 0.319. The highest BCUT2D eigenvalue weighted by molar-refractivity contribution is 7.99. The molecule has 1 rings (SSSR count). The maximum absolute atomic E-state index is 13.8. The third kappa shape index (κ3) is 6.30. The molecule has 0 aliphatic heterocycles. The van der Waals surface area contributed by atoms with Crippen LogP contribution in [0.15, 0.2) is 18.2 Å². The van der Waals surface area contributed by atoms with E-state index in [1.54, 1.807) is 17.8 Å². The van der Waals surface area contributed by atoms with Crippen LogP contribution in [0.2, 0.25) is 0 Å². The van der Waals surface area contributed by atoms with E-state index in [-0.39, 0.29) is 5.82 Å². The summed E-state index contributed by atoms with van der Waals surface area (Å²) >= 11 is 1.80. The molecule has 1 aromatic rings. The highest BCUT2D eigenvalue weighted by atomic mass is 32.2. The van der Waals surface area contributed by atoms with Crippen LogP contribution in [-0.2, 0) is 6.54 Å². The first-order valence-electron chi connectivity index (χ1n) is 6.83. The summed E-state index contributed by atoms with van der Waals surface area (Å²) in [6.45, 7) is 8.52. The minimum atomic E-state index is -0.273. The molecular formula is C15H24FNOS. The molecule has 0 saturated carbocycles. The van der Waals surface area contributed by atoms with Gasteiger partial charge in [0.2, 0.25) is 0 Å². The van der Waals surface area contributed by atoms with E-state index in [2.05, 4.69) is 26.1 Å². The second kappa shape index (κ2) is 9.21. The minimum absolute atomic E-state index is 0.273. The van der Waals surface area contributed by atoms with E-state index in [1.807, 2.05) is 6.07 Å². The van der Waals surface area contributed by atoms with Crippen molar-refractivity contribution in [1.82, 2.24) is 5.32 Å². The first-order chi connectivity index (χ1) is 9.15. The first kappa shape index (κ1) is 16.3. The van der Waals surface area contributed by atoms with E-state index in [9.17, 15) is 4.39 Å². The zero-order valence-electron chi connectivity index (χ0n) is 12.0. The van der Waals surface area contributed by atoms with Crippen LogP contribution in [-0.4, -0.2) is 24.7 Å². The first-order valence-corrected chi connectivity index (χ1v) is 7.99. The van der Waals surface area contributed by atoms with Gasteiger partial charge in [-0.05, 0) is 24.3 Å². The molecule has 0 fully saturated rings. The lowest BCUT2D eigenvalue weighted by atomic mass is 10.1. The Bertz CT molecular complexity index is 371. The van der Waals surface area contributed by atoms with Crippen LogP contribution in [0, 0.1) is 11.7 Å². The van der Waals surface area contributed by atoms with Gasteiger partial charge in [0.25, 0.3) is 0 Å². The fourth-order valence-corrected chi connectivity index (χ4v) is 2.19. The van der Waals surface area contributed by atoms with Crippen LogP contribution in [0.4, 0.5) is 4.39 Å². The molecule has 0 aliphatic carbocycles. The molecule has 0 heterocycles. The molecule has 1 N–H and O–H groups in total. The number of rotatable bonds is 9. The summed E-state index contributed by atoms with van der Waals surface area (Å²) in [6, 6.07) is 5.10. The molecule has 0 atom stereocenters. The number of hydrogen-bond acceptors (Lipinski definition) is 3. The van der Waals surface area contributed by atoms with Crippen molar-refractivity contribution in [2.75, 3.05) is 24.7 Å². The molecule has 0 aliphatic rings. The zero-order valence-corrected chi connectivity index (χ0v) is 12.9. The minimum Gasteiger partial charge on any atom is -0.489 e. The normalized spacial score (nSPS) is 11.0. The molecule has 0 bridgehead atoms. The van der Waals surface area contributed by atoms with Crippen molar-refractivity contribution < 1.29 is 9.13 Å². The number of nitrogens with one attached hydrogen (secondary N) is 1. The summed E-state index contributed by atoms with van der Waals surface area (Å²) in [5.74, 6) is 2.66. The van der Waals surface area contributed by atoms with Crippen molar-refractivity contribution in [3.63, 3.8) is 0 Å². The average Bonchev–Trinajstić information content (AvgIpc) is 2.36. The van der Waals surface area contributed by atoms with E-state index in [1.165, 1.54) is 6.07 Å². The second-order valence-corrected chi connectivity index (χ2v) is 6.19. The van der Waals surface area contributed by atoms with Crippen molar-refractivity contribution >= 4 is 11.8 Å². The third-order valence-corrected chi connectivity index (χ3v) is 3.46. The quantitative estimate of drug-likeness (QED) is 0.699. The molecule has 0 unspecified atom stereocenters. The average molecular weight is 285 g/mol. The zero-order chi connectivity index (χ0) is 14.1. The fourth-order valence-electron chi connectivity index (χ4n) is 1.70. The summed E-state index contributed by atoms with van der Waals surface area (Å²) in [5, 5.41) is 3.32. The molecule has 2 nitrogen and oxygen atoms in total. The Hall–Kier alpha value is -0.740. The smallest absolute Gasteiger partial charge is 0.165 e. The van der Waals surface area contributed by atoms with Gasteiger partial charge in [0, 0.05) is 17.9 Å². The standard InChI is InChI=1S/C15H24FNOS/c1-4-19-9-8-18-15-13(6-5-7-14(15)16)11-17-10-12(2)3/h5-7,12,17H,4,8-11H2,1-3H3. The highest BCUT2D eigenvalue weighted by Gasteiger charge is 2.09. The van der Waals surface area contributed by atoms with Crippen molar-refractivity contribution in [2.45, 2.75) is 27.3 Å². The van der Waals surface area contributed by atoms with Crippen molar-refractivity contribution in [3.8, 4) is 5.75 Å². The summed E-state index contributed by atoms with van der Waals surface area (Å²) < 4.78 is 19.4. The molecule has 0 saturated heterocycles. The maximum Gasteiger partial charge on any atom is 0.165 e. The maximum atomic E-state index is 13.8. The highest BCUT2D eigenvalue weighted by Crippen LogP contribution is 2.23. The molecule has 0 amide bonds. The van der Waals surface area contributed by atoms with Gasteiger partial charge in [-0.15, -0.1) is 0 Å². The monoisotopic (exact) mass is 285 g/mol. The van der Waals surface area contributed by atoms with Crippen molar-refractivity contribution in [1.29, 1.82) is 0 Å². The SMILES string of the molecule is CCSCCOc1c(F)cccc1CNCC(C)C. The van der Waals surface area contributed by atoms with Gasteiger partial charge >= 0.3 is 0 Å². The molecular weight excluding hydrogens is 261 g/mol. The van der Waals surface area contributed by atoms with Gasteiger partial charge in [-0.2, -0.15) is 11.8 Å². The topological polar surface area (TPSA) is 21.3 Å². The Kier molecular flexibility index (Phi) is 7.91. The largest absolute Gasteiger partial charge is 0.489 e. The van der Waals surface area contributed by atoms with Crippen LogP contribution < -0.4 is 10.1 Å². The summed E-state index contributed by atoms with van der Waals surface area (Å²) in [5.41, 5.74) is 0.891. The van der Waals surface area contributed by atoms with Crippen LogP contribution >= 0.6 is 11.8 Å². The molecule has 0 radical (unpaired) electrons. The van der Waals surface area contributed by atoms with Crippen molar-refractivity contribution in [3.05, 3.63) is 29.6 Å². The van der Waals surface area contributed by atoms with Gasteiger partial charge in [0.15, 0.2) is 11.6 Å². The van der Waals surface area contributed by atoms with Gasteiger partial charge in [-0.1, -0.05) is 32.9 Å². The van der Waals surface area contributed by atoms with Crippen LogP contribution in [0.5, 0.6) is 5.75 Å². The number of para-hydroxylation sites is 1. The Balaban J connectivity index is 2.56. The molecule has 0 spiro atoms. The van der Waals surface area contributed by atoms with Crippen molar-refractivity contribution in [2.24, 2.45) is 5.92 Å². The Morgan fingerprint density at radius 1 is 1.37 bits per heavy atom. The van der Waals surface area contributed by atoms with E-state index in [0.717, 1.165) is 23.6 Å². The Morgan fingerprint density at radius 2 is 2.16 bits per heavy atom. The molecule has 19 heavy (non-hydrogen) atoms. The second-order valence-electron chi connectivity index (χ2n) is 4.80. The van der Waals surface area contributed by atoms with Crippen LogP contribution in [0.3, 0.4) is 0 Å². The molecule has 0 aromatic heterocycles. The number of benzene rings is 1. The summed E-state index contributed by atoms with van der Waals surface area (Å²) in [6.07, 6.45) is 0. The third-order valence-electron chi connectivity index (χ3n) is 2.59. The molecule has 4 heteroatoms. The van der Waals surface area contributed by atoms with E-state index in [4.69, 9.17) is 4.74 Å². The van der Waals surface area contributed by atoms with E-state index < -0.39 is 0 Å². The number of ether oxygens (including phenoxy) is 1. The van der Waals surface area contributed by atoms with E-state index >= 15 is 0 Å². The summed E-state index contributed by atoms with van der Waals surface area (Å²) in [4.78, 5) is 0. The molecule has 1 aromatic carbocycles. The van der Waals surface area contributed by atoms with Gasteiger partial charge in [-0.3, -0.25) is 0 Å². The van der Waals surface area contributed by atoms with Gasteiger partial charge < -0.3 is 10.1 Å². The number of halogens is 1. The van der Waals surface area contributed by atoms with Gasteiger partial charge in [0.05, 0.1) is 6.61 Å². The lowest BCUT2D eigenvalue weighted by Gasteiger charge is -2.13. The molecule has 108 valence electrons. The number of hydrogen-bond donors (Lipinski definition) is 1. The Labute approximate surface area is 120 Å². The van der Waals surface area contributed by atoms with Gasteiger partial charge in [0.1, 0.15) is 0 Å².